The normalized spacial score (nSPS) is 14.2. The van der Waals surface area contributed by atoms with E-state index in [9.17, 15) is 0 Å². The van der Waals surface area contributed by atoms with Gasteiger partial charge in [0.25, 0.3) is 0 Å². The van der Waals surface area contributed by atoms with Gasteiger partial charge in [0.05, 0.1) is 6.61 Å². The fourth-order valence-electron chi connectivity index (χ4n) is 1.32. The summed E-state index contributed by atoms with van der Waals surface area (Å²) in [5.74, 6) is 0. The highest BCUT2D eigenvalue weighted by molar-refractivity contribution is 4.72. The van der Waals surface area contributed by atoms with E-state index in [-0.39, 0.29) is 18.2 Å². The first-order valence-electron chi connectivity index (χ1n) is 5.58. The molecule has 4 nitrogen and oxygen atoms in total. The summed E-state index contributed by atoms with van der Waals surface area (Å²) < 4.78 is 5.06. The van der Waals surface area contributed by atoms with Crippen LogP contribution in [0.2, 0.25) is 0 Å². The van der Waals surface area contributed by atoms with Crippen molar-refractivity contribution in [3.63, 3.8) is 0 Å². The van der Waals surface area contributed by atoms with Crippen LogP contribution in [0.3, 0.4) is 0 Å². The Kier molecular flexibility index (Phi) is 7.96. The van der Waals surface area contributed by atoms with Gasteiger partial charge in [0, 0.05) is 38.4 Å². The molecule has 0 aliphatic heterocycles. The maximum absolute atomic E-state index is 8.84. The molecule has 0 radical (unpaired) electrons. The molecule has 0 aliphatic rings. The lowest BCUT2D eigenvalue weighted by Crippen LogP contribution is -2.43. The molecule has 3 N–H and O–H groups in total. The minimum atomic E-state index is 0.162. The summed E-state index contributed by atoms with van der Waals surface area (Å²) in [6.07, 6.45) is 0.739. The Balaban J connectivity index is 3.52. The number of aliphatic hydroxyl groups is 1. The SMILES string of the molecule is COCC(CCO)NCCNC(C)(C)C. The van der Waals surface area contributed by atoms with E-state index in [1.807, 2.05) is 0 Å². The molecule has 0 saturated carbocycles. The summed E-state index contributed by atoms with van der Waals surface area (Å²) in [7, 11) is 1.68. The van der Waals surface area contributed by atoms with Gasteiger partial charge in [0.2, 0.25) is 0 Å². The lowest BCUT2D eigenvalue weighted by molar-refractivity contribution is 0.148. The Morgan fingerprint density at radius 3 is 2.40 bits per heavy atom. The smallest absolute Gasteiger partial charge is 0.0616 e. The van der Waals surface area contributed by atoms with Gasteiger partial charge in [-0.15, -0.1) is 0 Å². The highest BCUT2D eigenvalue weighted by Crippen LogP contribution is 1.97. The van der Waals surface area contributed by atoms with Crippen molar-refractivity contribution in [3.8, 4) is 0 Å². The average molecular weight is 218 g/mol. The number of hydrogen-bond donors (Lipinski definition) is 3. The molecule has 0 rings (SSSR count). The van der Waals surface area contributed by atoms with Gasteiger partial charge in [0.1, 0.15) is 0 Å². The van der Waals surface area contributed by atoms with Crippen LogP contribution in [0.15, 0.2) is 0 Å². The Bertz CT molecular complexity index is 140. The fourth-order valence-corrected chi connectivity index (χ4v) is 1.32. The zero-order valence-electron chi connectivity index (χ0n) is 10.5. The van der Waals surface area contributed by atoms with Crippen LogP contribution in [0.1, 0.15) is 27.2 Å². The van der Waals surface area contributed by atoms with Gasteiger partial charge in [-0.1, -0.05) is 0 Å². The van der Waals surface area contributed by atoms with Crippen LogP contribution >= 0.6 is 0 Å². The van der Waals surface area contributed by atoms with E-state index in [0.717, 1.165) is 19.5 Å². The Morgan fingerprint density at radius 2 is 1.93 bits per heavy atom. The molecule has 0 aliphatic carbocycles. The van der Waals surface area contributed by atoms with Crippen molar-refractivity contribution in [2.75, 3.05) is 33.4 Å². The molecule has 0 heterocycles. The molecule has 92 valence electrons. The number of hydrogen-bond acceptors (Lipinski definition) is 4. The van der Waals surface area contributed by atoms with Crippen molar-refractivity contribution in [3.05, 3.63) is 0 Å². The molecular formula is C11H26N2O2. The maximum atomic E-state index is 8.84. The minimum absolute atomic E-state index is 0.162. The first kappa shape index (κ1) is 14.8. The molecule has 0 fully saturated rings. The van der Waals surface area contributed by atoms with Gasteiger partial charge in [-0.2, -0.15) is 0 Å². The lowest BCUT2D eigenvalue weighted by Gasteiger charge is -2.22. The summed E-state index contributed by atoms with van der Waals surface area (Å²) in [4.78, 5) is 0. The van der Waals surface area contributed by atoms with Gasteiger partial charge in [-0.3, -0.25) is 0 Å². The number of rotatable bonds is 8. The van der Waals surface area contributed by atoms with Gasteiger partial charge >= 0.3 is 0 Å². The molecule has 1 atom stereocenters. The molecule has 15 heavy (non-hydrogen) atoms. The largest absolute Gasteiger partial charge is 0.396 e. The number of nitrogens with one attached hydrogen (secondary N) is 2. The first-order valence-corrected chi connectivity index (χ1v) is 5.58. The zero-order chi connectivity index (χ0) is 11.7. The second-order valence-corrected chi connectivity index (χ2v) is 4.80. The molecule has 0 aromatic carbocycles. The summed E-state index contributed by atoms with van der Waals surface area (Å²) in [6, 6.07) is 0.252. The molecule has 0 bridgehead atoms. The molecule has 0 aromatic rings. The molecule has 4 heteroatoms. The minimum Gasteiger partial charge on any atom is -0.396 e. The van der Waals surface area contributed by atoms with Gasteiger partial charge in [-0.25, -0.2) is 0 Å². The molecule has 0 amide bonds. The van der Waals surface area contributed by atoms with Crippen LogP contribution in [0.25, 0.3) is 0 Å². The van der Waals surface area contributed by atoms with Gasteiger partial charge in [0.15, 0.2) is 0 Å². The topological polar surface area (TPSA) is 53.5 Å². The second kappa shape index (κ2) is 8.05. The van der Waals surface area contributed by atoms with E-state index in [1.54, 1.807) is 7.11 Å². The van der Waals surface area contributed by atoms with Crippen LogP contribution in [0, 0.1) is 0 Å². The maximum Gasteiger partial charge on any atom is 0.0616 e. The van der Waals surface area contributed by atoms with E-state index in [4.69, 9.17) is 9.84 Å². The van der Waals surface area contributed by atoms with Crippen LogP contribution < -0.4 is 10.6 Å². The van der Waals surface area contributed by atoms with E-state index < -0.39 is 0 Å². The highest BCUT2D eigenvalue weighted by atomic mass is 16.5. The number of methoxy groups -OCH3 is 1. The molecule has 1 unspecified atom stereocenters. The van der Waals surface area contributed by atoms with E-state index >= 15 is 0 Å². The van der Waals surface area contributed by atoms with E-state index in [2.05, 4.69) is 31.4 Å². The fraction of sp³-hybridized carbons (Fsp3) is 1.00. The molecule has 0 aromatic heterocycles. The van der Waals surface area contributed by atoms with Crippen LogP contribution in [-0.2, 0) is 4.74 Å². The first-order chi connectivity index (χ1) is 6.99. The molecular weight excluding hydrogens is 192 g/mol. The monoisotopic (exact) mass is 218 g/mol. The zero-order valence-corrected chi connectivity index (χ0v) is 10.5. The quantitative estimate of drug-likeness (QED) is 0.515. The predicted octanol–water partition coefficient (Wildman–Crippen LogP) is 0.362. The summed E-state index contributed by atoms with van der Waals surface area (Å²) >= 11 is 0. The van der Waals surface area contributed by atoms with Crippen molar-refractivity contribution in [1.82, 2.24) is 10.6 Å². The Labute approximate surface area is 93.4 Å². The third-order valence-electron chi connectivity index (χ3n) is 2.06. The highest BCUT2D eigenvalue weighted by Gasteiger charge is 2.09. The molecule has 0 saturated heterocycles. The summed E-state index contributed by atoms with van der Waals surface area (Å²) in [6.45, 7) is 9.11. The van der Waals surface area contributed by atoms with Gasteiger partial charge in [-0.05, 0) is 27.2 Å². The van der Waals surface area contributed by atoms with Crippen LogP contribution in [-0.4, -0.2) is 50.1 Å². The van der Waals surface area contributed by atoms with Crippen molar-refractivity contribution in [2.45, 2.75) is 38.8 Å². The Hall–Kier alpha value is -0.160. The molecule has 0 spiro atoms. The van der Waals surface area contributed by atoms with Crippen molar-refractivity contribution < 1.29 is 9.84 Å². The van der Waals surface area contributed by atoms with E-state index in [0.29, 0.717) is 6.61 Å². The Morgan fingerprint density at radius 1 is 1.27 bits per heavy atom. The third-order valence-corrected chi connectivity index (χ3v) is 2.06. The predicted molar refractivity (Wildman–Crippen MR) is 63.1 cm³/mol. The van der Waals surface area contributed by atoms with Crippen LogP contribution in [0.5, 0.6) is 0 Å². The van der Waals surface area contributed by atoms with Crippen molar-refractivity contribution in [2.24, 2.45) is 0 Å². The number of ether oxygens (including phenoxy) is 1. The van der Waals surface area contributed by atoms with Gasteiger partial charge < -0.3 is 20.5 Å². The van der Waals surface area contributed by atoms with Crippen molar-refractivity contribution in [1.29, 1.82) is 0 Å². The van der Waals surface area contributed by atoms with Crippen LogP contribution in [0.4, 0.5) is 0 Å². The summed E-state index contributed by atoms with van der Waals surface area (Å²) in [5, 5.41) is 15.6. The second-order valence-electron chi connectivity index (χ2n) is 4.80. The lowest BCUT2D eigenvalue weighted by atomic mass is 10.1. The van der Waals surface area contributed by atoms with Crippen molar-refractivity contribution >= 4 is 0 Å². The third kappa shape index (κ3) is 10.1. The van der Waals surface area contributed by atoms with E-state index in [1.165, 1.54) is 0 Å². The number of aliphatic hydroxyl groups excluding tert-OH is 1. The standard InChI is InChI=1S/C11H26N2O2/c1-11(2,3)13-7-6-12-10(5-8-14)9-15-4/h10,12-14H,5-9H2,1-4H3. The average Bonchev–Trinajstić information content (AvgIpc) is 2.11. The summed E-state index contributed by atoms with van der Waals surface area (Å²) in [5.41, 5.74) is 0.162.